The molecule has 4 aromatic carbocycles. The molecule has 0 saturated heterocycles. The monoisotopic (exact) mass is 535 g/mol. The van der Waals surface area contributed by atoms with Crippen molar-refractivity contribution in [3.05, 3.63) is 113 Å². The molecule has 0 atom stereocenters. The van der Waals surface area contributed by atoms with Gasteiger partial charge in [-0.1, -0.05) is 60.7 Å². The van der Waals surface area contributed by atoms with Crippen molar-refractivity contribution in [2.75, 3.05) is 12.8 Å². The predicted molar refractivity (Wildman–Crippen MR) is 158 cm³/mol. The van der Waals surface area contributed by atoms with Gasteiger partial charge in [-0.05, 0) is 35.9 Å². The summed E-state index contributed by atoms with van der Waals surface area (Å²) < 4.78 is 8.55. The summed E-state index contributed by atoms with van der Waals surface area (Å²) in [7, 11) is 1.60. The largest absolute Gasteiger partial charge is 0.497 e. The first-order valence-electron chi connectivity index (χ1n) is 12.8. The van der Waals surface area contributed by atoms with Crippen LogP contribution in [-0.2, 0) is 0 Å². The van der Waals surface area contributed by atoms with Crippen LogP contribution in [0.5, 0.6) is 5.75 Å². The van der Waals surface area contributed by atoms with Crippen molar-refractivity contribution >= 4 is 33.1 Å². The van der Waals surface area contributed by atoms with Gasteiger partial charge in [-0.15, -0.1) is 0 Å². The smallest absolute Gasteiger partial charge is 0.285 e. The van der Waals surface area contributed by atoms with Crippen LogP contribution in [0.4, 0.5) is 5.69 Å². The number of ether oxygens (including phenoxy) is 1. The molecule has 0 aliphatic rings. The van der Waals surface area contributed by atoms with Gasteiger partial charge in [0.25, 0.3) is 5.56 Å². The van der Waals surface area contributed by atoms with Gasteiger partial charge in [0.05, 0.1) is 35.6 Å². The minimum atomic E-state index is -0.465. The van der Waals surface area contributed by atoms with E-state index in [1.54, 1.807) is 22.5 Å². The van der Waals surface area contributed by atoms with Gasteiger partial charge in [0.1, 0.15) is 22.9 Å². The van der Waals surface area contributed by atoms with E-state index >= 15 is 0 Å². The van der Waals surface area contributed by atoms with E-state index in [-0.39, 0.29) is 16.9 Å². The summed E-state index contributed by atoms with van der Waals surface area (Å²) in [5.74, 6) is 0.700. The quantitative estimate of drug-likeness (QED) is 0.237. The van der Waals surface area contributed by atoms with E-state index in [0.717, 1.165) is 16.8 Å². The van der Waals surface area contributed by atoms with Gasteiger partial charge < -0.3 is 10.5 Å². The van der Waals surface area contributed by atoms with Crippen molar-refractivity contribution in [2.45, 2.75) is 0 Å². The molecule has 7 aromatic rings. The highest BCUT2D eigenvalue weighted by atomic mass is 16.5. The molecular formula is C32H21N7O2. The van der Waals surface area contributed by atoms with Crippen LogP contribution in [0, 0.1) is 11.3 Å². The molecule has 0 unspecified atom stereocenters. The van der Waals surface area contributed by atoms with E-state index < -0.39 is 5.56 Å². The normalized spacial score (nSPS) is 11.2. The van der Waals surface area contributed by atoms with Gasteiger partial charge in [-0.2, -0.15) is 25.0 Å². The number of fused-ring (bicyclic) bond motifs is 5. The maximum absolute atomic E-state index is 13.8. The van der Waals surface area contributed by atoms with Gasteiger partial charge in [0.2, 0.25) is 0 Å². The lowest BCUT2D eigenvalue weighted by atomic mass is 9.95. The minimum absolute atomic E-state index is 0.219. The van der Waals surface area contributed by atoms with Crippen LogP contribution >= 0.6 is 0 Å². The number of methoxy groups -OCH3 is 1. The Labute approximate surface area is 233 Å². The molecule has 0 saturated carbocycles. The first-order chi connectivity index (χ1) is 20.1. The molecule has 0 fully saturated rings. The first kappa shape index (κ1) is 24.1. The number of nitrogens with two attached hydrogens (primary N) is 1. The number of rotatable bonds is 4. The maximum Gasteiger partial charge on any atom is 0.285 e. The van der Waals surface area contributed by atoms with Gasteiger partial charge in [0, 0.05) is 16.5 Å². The van der Waals surface area contributed by atoms with E-state index in [0.29, 0.717) is 38.8 Å². The molecule has 2 N–H and O–H groups in total. The highest BCUT2D eigenvalue weighted by Crippen LogP contribution is 2.37. The average Bonchev–Trinajstić information content (AvgIpc) is 3.43. The zero-order valence-corrected chi connectivity index (χ0v) is 21.8. The zero-order valence-electron chi connectivity index (χ0n) is 21.8. The second-order valence-electron chi connectivity index (χ2n) is 9.47. The number of nitrogens with zero attached hydrogens (tertiary/aromatic N) is 6. The lowest BCUT2D eigenvalue weighted by Gasteiger charge is -2.14. The van der Waals surface area contributed by atoms with E-state index in [9.17, 15) is 10.1 Å². The molecule has 0 aliphatic heterocycles. The minimum Gasteiger partial charge on any atom is -0.497 e. The van der Waals surface area contributed by atoms with Crippen molar-refractivity contribution in [3.8, 4) is 39.9 Å². The van der Waals surface area contributed by atoms with Crippen molar-refractivity contribution in [2.24, 2.45) is 0 Å². The molecule has 3 aromatic heterocycles. The molecule has 0 radical (unpaired) electrons. The summed E-state index contributed by atoms with van der Waals surface area (Å²) in [6, 6.07) is 30.5. The number of anilines is 1. The summed E-state index contributed by atoms with van der Waals surface area (Å²) >= 11 is 0. The Kier molecular flexibility index (Phi) is 5.47. The van der Waals surface area contributed by atoms with E-state index in [1.165, 1.54) is 0 Å². The van der Waals surface area contributed by atoms with Crippen LogP contribution in [0.1, 0.15) is 5.56 Å². The Morgan fingerprint density at radius 3 is 2.29 bits per heavy atom. The van der Waals surface area contributed by atoms with Crippen LogP contribution in [-0.4, -0.2) is 31.5 Å². The topological polar surface area (TPSA) is 124 Å². The Morgan fingerprint density at radius 2 is 1.61 bits per heavy atom. The lowest BCUT2D eigenvalue weighted by Crippen LogP contribution is -2.14. The molecule has 196 valence electrons. The van der Waals surface area contributed by atoms with E-state index in [2.05, 4.69) is 11.1 Å². The fourth-order valence-electron chi connectivity index (χ4n) is 5.24. The molecule has 3 heterocycles. The summed E-state index contributed by atoms with van der Waals surface area (Å²) in [5.41, 5.74) is 10.9. The highest BCUT2D eigenvalue weighted by Gasteiger charge is 2.23. The number of nitriles is 1. The molecule has 0 amide bonds. The first-order valence-corrected chi connectivity index (χ1v) is 12.8. The Bertz CT molecular complexity index is 2210. The Hall–Kier alpha value is -6.01. The molecule has 0 aliphatic carbocycles. The summed E-state index contributed by atoms with van der Waals surface area (Å²) in [6.07, 6.45) is 1.67. The van der Waals surface area contributed by atoms with Crippen molar-refractivity contribution in [3.63, 3.8) is 0 Å². The molecule has 0 bridgehead atoms. The van der Waals surface area contributed by atoms with Crippen LogP contribution in [0.3, 0.4) is 0 Å². The highest BCUT2D eigenvalue weighted by molar-refractivity contribution is 6.08. The third-order valence-electron chi connectivity index (χ3n) is 7.18. The van der Waals surface area contributed by atoms with Gasteiger partial charge in [-0.3, -0.25) is 4.79 Å². The number of hydrogen-bond donors (Lipinski definition) is 1. The van der Waals surface area contributed by atoms with Crippen molar-refractivity contribution in [1.82, 2.24) is 24.4 Å². The van der Waals surface area contributed by atoms with Gasteiger partial charge in [-0.25, -0.2) is 4.68 Å². The van der Waals surface area contributed by atoms with Crippen LogP contribution in [0.15, 0.2) is 102 Å². The van der Waals surface area contributed by atoms with Crippen LogP contribution in [0.2, 0.25) is 0 Å². The second kappa shape index (κ2) is 9.32. The fraction of sp³-hybridized carbons (Fsp3) is 0.0312. The number of nitrogen functional groups attached to an aromatic ring is 1. The number of benzene rings is 4. The number of para-hydroxylation sites is 1. The average molecular weight is 536 g/mol. The third kappa shape index (κ3) is 3.70. The SMILES string of the molecule is COc1ccc(-c2cc3cnn4c(nc(=O)c5c(-c6ccccc6)nn(-c6ccccc6)c54)c3c(N)c2C#N)cc1. The van der Waals surface area contributed by atoms with Crippen LogP contribution < -0.4 is 16.0 Å². The molecular weight excluding hydrogens is 514 g/mol. The standard InChI is InChI=1S/C32H21N7O2/c1-41-23-14-12-19(13-15-23)24-16-21-18-35-39-30(26(21)28(34)25(24)17-33)36-31(40)27-29(20-8-4-2-5-9-20)37-38(32(27)39)22-10-6-3-7-11-22/h2-16,18H,34H2,1H3. The van der Waals surface area contributed by atoms with Gasteiger partial charge in [0.15, 0.2) is 11.3 Å². The summed E-state index contributed by atoms with van der Waals surface area (Å²) in [5, 5.41) is 21.2. The Morgan fingerprint density at radius 1 is 0.902 bits per heavy atom. The van der Waals surface area contributed by atoms with Crippen LogP contribution in [0.25, 0.3) is 55.5 Å². The van der Waals surface area contributed by atoms with Gasteiger partial charge >= 0.3 is 0 Å². The molecule has 9 nitrogen and oxygen atoms in total. The number of aromatic nitrogens is 5. The predicted octanol–water partition coefficient (Wildman–Crippen LogP) is 5.38. The number of hydrogen-bond acceptors (Lipinski definition) is 7. The molecule has 0 spiro atoms. The lowest BCUT2D eigenvalue weighted by molar-refractivity contribution is 0.415. The maximum atomic E-state index is 13.8. The van der Waals surface area contributed by atoms with Crippen molar-refractivity contribution in [1.29, 1.82) is 5.26 Å². The molecule has 9 heteroatoms. The molecule has 41 heavy (non-hydrogen) atoms. The zero-order chi connectivity index (χ0) is 28.1. The third-order valence-corrected chi connectivity index (χ3v) is 7.18. The molecule has 7 rings (SSSR count). The van der Waals surface area contributed by atoms with E-state index in [4.69, 9.17) is 20.7 Å². The fourth-order valence-corrected chi connectivity index (χ4v) is 5.24. The summed E-state index contributed by atoms with van der Waals surface area (Å²) in [6.45, 7) is 0. The summed E-state index contributed by atoms with van der Waals surface area (Å²) in [4.78, 5) is 18.2. The van der Waals surface area contributed by atoms with Crippen molar-refractivity contribution < 1.29 is 4.74 Å². The Balaban J connectivity index is 1.59. The van der Waals surface area contributed by atoms with E-state index in [1.807, 2.05) is 91.0 Å². The second-order valence-corrected chi connectivity index (χ2v) is 9.47.